The summed E-state index contributed by atoms with van der Waals surface area (Å²) in [5.74, 6) is 0.814. The summed E-state index contributed by atoms with van der Waals surface area (Å²) >= 11 is 0. The van der Waals surface area contributed by atoms with Crippen LogP contribution in [-0.4, -0.2) is 46.8 Å². The SMILES string of the molecule is Cc1nn(C(C)(C)C)c(C)c1C(=O)NCCCN1CCC[C@@H](C)C1. The Balaban J connectivity index is 1.86. The third-order valence-corrected chi connectivity index (χ3v) is 4.83. The van der Waals surface area contributed by atoms with Crippen molar-refractivity contribution in [3.63, 3.8) is 0 Å². The van der Waals surface area contributed by atoms with Crippen molar-refractivity contribution in [2.75, 3.05) is 26.2 Å². The molecule has 24 heavy (non-hydrogen) atoms. The molecule has 0 unspecified atom stereocenters. The molecule has 1 atom stereocenters. The molecule has 1 N–H and O–H groups in total. The summed E-state index contributed by atoms with van der Waals surface area (Å²) in [7, 11) is 0. The first-order valence-electron chi connectivity index (χ1n) is 9.27. The fourth-order valence-corrected chi connectivity index (χ4v) is 3.71. The van der Waals surface area contributed by atoms with Gasteiger partial charge in [-0.3, -0.25) is 9.48 Å². The van der Waals surface area contributed by atoms with Gasteiger partial charge in [0.25, 0.3) is 5.91 Å². The standard InChI is InChI=1S/C19H34N4O/c1-14-9-7-11-22(13-14)12-8-10-20-18(24)17-15(2)21-23(16(17)3)19(4,5)6/h14H,7-13H2,1-6H3,(H,20,24)/t14-/m1/s1. The van der Waals surface area contributed by atoms with Crippen molar-refractivity contribution in [3.8, 4) is 0 Å². The molecule has 1 aromatic heterocycles. The van der Waals surface area contributed by atoms with Crippen LogP contribution in [0, 0.1) is 19.8 Å². The van der Waals surface area contributed by atoms with Crippen molar-refractivity contribution < 1.29 is 4.79 Å². The highest BCUT2D eigenvalue weighted by Gasteiger charge is 2.24. The number of aromatic nitrogens is 2. The smallest absolute Gasteiger partial charge is 0.255 e. The van der Waals surface area contributed by atoms with Crippen molar-refractivity contribution >= 4 is 5.91 Å². The Morgan fingerprint density at radius 3 is 2.62 bits per heavy atom. The Labute approximate surface area is 146 Å². The number of likely N-dealkylation sites (tertiary alicyclic amines) is 1. The molecule has 1 fully saturated rings. The van der Waals surface area contributed by atoms with Gasteiger partial charge in [0.05, 0.1) is 16.8 Å². The van der Waals surface area contributed by atoms with Gasteiger partial charge in [-0.25, -0.2) is 0 Å². The number of hydrogen-bond donors (Lipinski definition) is 1. The molecule has 5 nitrogen and oxygen atoms in total. The summed E-state index contributed by atoms with van der Waals surface area (Å²) in [6, 6.07) is 0. The molecule has 1 aromatic rings. The van der Waals surface area contributed by atoms with Crippen molar-refractivity contribution in [1.29, 1.82) is 0 Å². The van der Waals surface area contributed by atoms with E-state index in [-0.39, 0.29) is 11.4 Å². The first-order chi connectivity index (χ1) is 11.2. The zero-order valence-electron chi connectivity index (χ0n) is 16.3. The van der Waals surface area contributed by atoms with Gasteiger partial charge in [0.15, 0.2) is 0 Å². The van der Waals surface area contributed by atoms with E-state index in [1.54, 1.807) is 0 Å². The number of aryl methyl sites for hydroxylation is 1. The van der Waals surface area contributed by atoms with Gasteiger partial charge >= 0.3 is 0 Å². The quantitative estimate of drug-likeness (QED) is 0.842. The van der Waals surface area contributed by atoms with Crippen LogP contribution in [0.4, 0.5) is 0 Å². The molecule has 136 valence electrons. The van der Waals surface area contributed by atoms with Crippen molar-refractivity contribution in [3.05, 3.63) is 17.0 Å². The Bertz CT molecular complexity index is 571. The number of nitrogens with zero attached hydrogens (tertiary/aromatic N) is 3. The first kappa shape index (κ1) is 19.0. The number of amides is 1. The summed E-state index contributed by atoms with van der Waals surface area (Å²) in [6.07, 6.45) is 3.66. The number of carbonyl (C=O) groups is 1. The average Bonchev–Trinajstić information content (AvgIpc) is 2.78. The van der Waals surface area contributed by atoms with E-state index in [1.165, 1.54) is 25.9 Å². The van der Waals surface area contributed by atoms with E-state index in [2.05, 4.69) is 43.0 Å². The van der Waals surface area contributed by atoms with E-state index in [0.29, 0.717) is 0 Å². The lowest BCUT2D eigenvalue weighted by Gasteiger charge is -2.30. The molecule has 0 spiro atoms. The molecule has 1 aliphatic rings. The summed E-state index contributed by atoms with van der Waals surface area (Å²) in [4.78, 5) is 15.1. The summed E-state index contributed by atoms with van der Waals surface area (Å²) in [5.41, 5.74) is 2.38. The highest BCUT2D eigenvalue weighted by molar-refractivity contribution is 5.96. The number of carbonyl (C=O) groups excluding carboxylic acids is 1. The maximum absolute atomic E-state index is 12.6. The zero-order valence-corrected chi connectivity index (χ0v) is 16.3. The minimum absolute atomic E-state index is 0.00696. The Morgan fingerprint density at radius 2 is 2.04 bits per heavy atom. The lowest BCUT2D eigenvalue weighted by atomic mass is 10.0. The molecular weight excluding hydrogens is 300 g/mol. The number of piperidine rings is 1. The Morgan fingerprint density at radius 1 is 1.33 bits per heavy atom. The van der Waals surface area contributed by atoms with E-state index >= 15 is 0 Å². The number of hydrogen-bond acceptors (Lipinski definition) is 3. The largest absolute Gasteiger partial charge is 0.352 e. The van der Waals surface area contributed by atoms with Crippen LogP contribution >= 0.6 is 0 Å². The monoisotopic (exact) mass is 334 g/mol. The minimum atomic E-state index is -0.113. The van der Waals surface area contributed by atoms with E-state index < -0.39 is 0 Å². The molecule has 1 amide bonds. The topological polar surface area (TPSA) is 50.2 Å². The van der Waals surface area contributed by atoms with Crippen LogP contribution in [0.25, 0.3) is 0 Å². The van der Waals surface area contributed by atoms with Crippen LogP contribution in [0.15, 0.2) is 0 Å². The van der Waals surface area contributed by atoms with Gasteiger partial charge in [0.2, 0.25) is 0 Å². The molecule has 1 saturated heterocycles. The second kappa shape index (κ2) is 7.68. The van der Waals surface area contributed by atoms with Crippen LogP contribution < -0.4 is 5.32 Å². The minimum Gasteiger partial charge on any atom is -0.352 e. The van der Waals surface area contributed by atoms with Crippen LogP contribution in [0.1, 0.15) is 68.7 Å². The summed E-state index contributed by atoms with van der Waals surface area (Å²) in [5, 5.41) is 7.64. The molecule has 0 radical (unpaired) electrons. The van der Waals surface area contributed by atoms with E-state index in [4.69, 9.17) is 0 Å². The first-order valence-corrected chi connectivity index (χ1v) is 9.27. The second-order valence-electron chi connectivity index (χ2n) is 8.29. The maximum Gasteiger partial charge on any atom is 0.255 e. The van der Waals surface area contributed by atoms with E-state index in [9.17, 15) is 4.79 Å². The third kappa shape index (κ3) is 4.59. The van der Waals surface area contributed by atoms with Crippen molar-refractivity contribution in [2.24, 2.45) is 5.92 Å². The molecule has 1 aliphatic heterocycles. The third-order valence-electron chi connectivity index (χ3n) is 4.83. The van der Waals surface area contributed by atoms with Gasteiger partial charge in [0, 0.05) is 18.8 Å². The van der Waals surface area contributed by atoms with Gasteiger partial charge in [-0.1, -0.05) is 6.92 Å². The molecule has 0 bridgehead atoms. The van der Waals surface area contributed by atoms with Crippen LogP contribution in [-0.2, 0) is 5.54 Å². The fraction of sp³-hybridized carbons (Fsp3) is 0.789. The maximum atomic E-state index is 12.6. The molecule has 0 saturated carbocycles. The summed E-state index contributed by atoms with van der Waals surface area (Å²) in [6.45, 7) is 16.7. The highest BCUT2D eigenvalue weighted by Crippen LogP contribution is 2.21. The van der Waals surface area contributed by atoms with Crippen molar-refractivity contribution in [1.82, 2.24) is 20.0 Å². The Kier molecular flexibility index (Phi) is 6.07. The average molecular weight is 335 g/mol. The number of rotatable bonds is 5. The van der Waals surface area contributed by atoms with Gasteiger partial charge in [-0.15, -0.1) is 0 Å². The van der Waals surface area contributed by atoms with E-state index in [0.717, 1.165) is 42.4 Å². The second-order valence-corrected chi connectivity index (χ2v) is 8.29. The molecule has 2 rings (SSSR count). The summed E-state index contributed by atoms with van der Waals surface area (Å²) < 4.78 is 1.95. The Hall–Kier alpha value is -1.36. The number of nitrogens with one attached hydrogen (secondary N) is 1. The zero-order chi connectivity index (χ0) is 17.9. The molecule has 0 aliphatic carbocycles. The van der Waals surface area contributed by atoms with Gasteiger partial charge < -0.3 is 10.2 Å². The van der Waals surface area contributed by atoms with E-state index in [1.807, 2.05) is 18.5 Å². The van der Waals surface area contributed by atoms with Gasteiger partial charge in [-0.05, 0) is 72.9 Å². The lowest BCUT2D eigenvalue weighted by Crippen LogP contribution is -2.36. The highest BCUT2D eigenvalue weighted by atomic mass is 16.1. The van der Waals surface area contributed by atoms with Gasteiger partial charge in [-0.2, -0.15) is 5.10 Å². The predicted molar refractivity (Wildman–Crippen MR) is 98.5 cm³/mol. The molecule has 0 aromatic carbocycles. The van der Waals surface area contributed by atoms with Crippen LogP contribution in [0.3, 0.4) is 0 Å². The predicted octanol–water partition coefficient (Wildman–Crippen LogP) is 3.11. The lowest BCUT2D eigenvalue weighted by molar-refractivity contribution is 0.0948. The van der Waals surface area contributed by atoms with Crippen LogP contribution in [0.5, 0.6) is 0 Å². The van der Waals surface area contributed by atoms with Crippen LogP contribution in [0.2, 0.25) is 0 Å². The molecule has 2 heterocycles. The fourth-order valence-electron chi connectivity index (χ4n) is 3.71. The molecular formula is C19H34N4O. The molecule has 5 heteroatoms. The van der Waals surface area contributed by atoms with Crippen molar-refractivity contribution in [2.45, 2.75) is 66.3 Å². The van der Waals surface area contributed by atoms with Gasteiger partial charge in [0.1, 0.15) is 0 Å². The normalized spacial score (nSPS) is 19.5.